The van der Waals surface area contributed by atoms with Crippen LogP contribution in [0.5, 0.6) is 0 Å². The minimum Gasteiger partial charge on any atom is -0.288 e. The van der Waals surface area contributed by atoms with Gasteiger partial charge in [-0.15, -0.1) is 0 Å². The van der Waals surface area contributed by atoms with Crippen molar-refractivity contribution >= 4 is 12.6 Å². The molecule has 0 aliphatic rings. The van der Waals surface area contributed by atoms with Crippen LogP contribution < -0.4 is 5.48 Å². The number of carbonyl (C=O) groups excluding carboxylic acids is 1. The van der Waals surface area contributed by atoms with Gasteiger partial charge in [-0.3, -0.25) is 15.0 Å². The van der Waals surface area contributed by atoms with Gasteiger partial charge < -0.3 is 0 Å². The Labute approximate surface area is 64.9 Å². The van der Waals surface area contributed by atoms with Crippen LogP contribution in [0.3, 0.4) is 0 Å². The molecule has 4 nitrogen and oxygen atoms in total. The fourth-order valence-corrected chi connectivity index (χ4v) is 0.439. The van der Waals surface area contributed by atoms with Gasteiger partial charge in [0.1, 0.15) is 0 Å². The van der Waals surface area contributed by atoms with Gasteiger partial charge in [-0.05, 0) is 19.7 Å². The minimum atomic E-state index is -0.590. The summed E-state index contributed by atoms with van der Waals surface area (Å²) < 4.78 is 0. The zero-order valence-corrected chi connectivity index (χ0v) is 6.24. The molecule has 0 aliphatic carbocycles. The number of nitrogens with zero attached hydrogens (tertiary/aromatic N) is 1. The zero-order chi connectivity index (χ0) is 8.69. The van der Waals surface area contributed by atoms with E-state index in [1.54, 1.807) is 13.0 Å². The maximum absolute atomic E-state index is 10.4. The number of amides is 1. The smallest absolute Gasteiger partial charge is 0.267 e. The maximum atomic E-state index is 10.4. The molecular weight excluding hydrogens is 144 g/mol. The average Bonchev–Trinajstić information content (AvgIpc) is 2.06. The molecule has 0 bridgehead atoms. The Kier molecular flexibility index (Phi) is 4.68. The normalized spacial score (nSPS) is 11.6. The average molecular weight is 154 g/mol. The predicted octanol–water partition coefficient (Wildman–Crippen LogP) is 0.652. The highest BCUT2D eigenvalue weighted by atomic mass is 16.5. The van der Waals surface area contributed by atoms with Crippen LogP contribution in [0, 0.1) is 0 Å². The number of aliphatic imine (C=N–C) groups is 1. The first kappa shape index (κ1) is 9.58. The number of hydroxylamine groups is 1. The Morgan fingerprint density at radius 2 is 2.27 bits per heavy atom. The Bertz CT molecular complexity index is 206. The van der Waals surface area contributed by atoms with Crippen molar-refractivity contribution in [1.29, 1.82) is 0 Å². The van der Waals surface area contributed by atoms with Gasteiger partial charge in [-0.1, -0.05) is 6.08 Å². The van der Waals surface area contributed by atoms with E-state index in [0.717, 1.165) is 6.08 Å². The Balaban J connectivity index is 4.11. The molecule has 0 radical (unpaired) electrons. The highest BCUT2D eigenvalue weighted by Crippen LogP contribution is 1.95. The zero-order valence-electron chi connectivity index (χ0n) is 6.24. The van der Waals surface area contributed by atoms with Crippen LogP contribution in [-0.2, 0) is 4.79 Å². The number of hydrogen-bond acceptors (Lipinski definition) is 3. The summed E-state index contributed by atoms with van der Waals surface area (Å²) in [5.41, 5.74) is 2.03. The van der Waals surface area contributed by atoms with Gasteiger partial charge in [-0.2, -0.15) is 0 Å². The lowest BCUT2D eigenvalue weighted by Gasteiger charge is -1.89. The topological polar surface area (TPSA) is 61.7 Å². The van der Waals surface area contributed by atoms with Crippen molar-refractivity contribution in [2.75, 3.05) is 0 Å². The van der Waals surface area contributed by atoms with Gasteiger partial charge in [-0.25, -0.2) is 5.48 Å². The van der Waals surface area contributed by atoms with Crippen molar-refractivity contribution in [1.82, 2.24) is 5.48 Å². The SMILES string of the molecule is C=NC(C=CC(=O)NO)=CC. The molecule has 0 aromatic carbocycles. The number of hydrogen-bond donors (Lipinski definition) is 2. The van der Waals surface area contributed by atoms with Crippen molar-refractivity contribution in [3.05, 3.63) is 23.9 Å². The van der Waals surface area contributed by atoms with Crippen LogP contribution in [0.25, 0.3) is 0 Å². The molecule has 0 saturated carbocycles. The standard InChI is InChI=1S/C7H10N2O2/c1-3-6(8-2)4-5-7(10)9-11/h3-5,11H,2H2,1H3,(H,9,10). The van der Waals surface area contributed by atoms with E-state index in [4.69, 9.17) is 5.21 Å². The van der Waals surface area contributed by atoms with Crippen LogP contribution in [-0.4, -0.2) is 17.8 Å². The molecule has 0 saturated heterocycles. The monoisotopic (exact) mass is 154 g/mol. The summed E-state index contributed by atoms with van der Waals surface area (Å²) >= 11 is 0. The molecule has 0 aromatic heterocycles. The molecule has 0 aliphatic heterocycles. The Morgan fingerprint density at radius 3 is 2.64 bits per heavy atom. The molecule has 60 valence electrons. The molecule has 0 heterocycles. The third kappa shape index (κ3) is 4.05. The lowest BCUT2D eigenvalue weighted by Crippen LogP contribution is -2.14. The summed E-state index contributed by atoms with van der Waals surface area (Å²) in [7, 11) is 0. The summed E-state index contributed by atoms with van der Waals surface area (Å²) in [4.78, 5) is 14.0. The summed E-state index contributed by atoms with van der Waals surface area (Å²) in [5, 5.41) is 8.08. The molecule has 0 atom stereocenters. The van der Waals surface area contributed by atoms with E-state index in [1.165, 1.54) is 11.6 Å². The third-order valence-corrected chi connectivity index (χ3v) is 0.994. The van der Waals surface area contributed by atoms with Gasteiger partial charge in [0, 0.05) is 6.08 Å². The number of allylic oxidation sites excluding steroid dienone is 2. The predicted molar refractivity (Wildman–Crippen MR) is 42.4 cm³/mol. The van der Waals surface area contributed by atoms with E-state index in [-0.39, 0.29) is 0 Å². The molecule has 11 heavy (non-hydrogen) atoms. The molecule has 4 heteroatoms. The molecule has 0 fully saturated rings. The van der Waals surface area contributed by atoms with Crippen LogP contribution in [0.1, 0.15) is 6.92 Å². The Hall–Kier alpha value is -1.42. The van der Waals surface area contributed by atoms with Crippen LogP contribution in [0.15, 0.2) is 28.9 Å². The van der Waals surface area contributed by atoms with E-state index < -0.39 is 5.91 Å². The second-order valence-electron chi connectivity index (χ2n) is 1.68. The van der Waals surface area contributed by atoms with Gasteiger partial charge in [0.15, 0.2) is 0 Å². The van der Waals surface area contributed by atoms with Crippen molar-refractivity contribution in [2.45, 2.75) is 6.92 Å². The third-order valence-electron chi connectivity index (χ3n) is 0.994. The fourth-order valence-electron chi connectivity index (χ4n) is 0.439. The largest absolute Gasteiger partial charge is 0.288 e. The van der Waals surface area contributed by atoms with E-state index >= 15 is 0 Å². The lowest BCUT2D eigenvalue weighted by atomic mass is 10.3. The van der Waals surface area contributed by atoms with Gasteiger partial charge in [0.25, 0.3) is 5.91 Å². The number of carbonyl (C=O) groups is 1. The quantitative estimate of drug-likeness (QED) is 0.206. The summed E-state index contributed by atoms with van der Waals surface area (Å²) in [5.74, 6) is -0.590. The minimum absolute atomic E-state index is 0.577. The van der Waals surface area contributed by atoms with Gasteiger partial charge >= 0.3 is 0 Å². The summed E-state index contributed by atoms with van der Waals surface area (Å²) in [6, 6.07) is 0. The second kappa shape index (κ2) is 5.37. The molecule has 1 amide bonds. The molecule has 0 rings (SSSR count). The lowest BCUT2D eigenvalue weighted by molar-refractivity contribution is -0.124. The van der Waals surface area contributed by atoms with Gasteiger partial charge in [0.05, 0.1) is 5.70 Å². The van der Waals surface area contributed by atoms with E-state index in [2.05, 4.69) is 11.7 Å². The van der Waals surface area contributed by atoms with Crippen LogP contribution in [0.4, 0.5) is 0 Å². The van der Waals surface area contributed by atoms with Crippen molar-refractivity contribution < 1.29 is 10.0 Å². The van der Waals surface area contributed by atoms with Crippen molar-refractivity contribution in [3.63, 3.8) is 0 Å². The van der Waals surface area contributed by atoms with Crippen molar-refractivity contribution in [3.8, 4) is 0 Å². The first-order chi connectivity index (χ1) is 5.24. The number of nitrogens with one attached hydrogen (secondary N) is 1. The maximum Gasteiger partial charge on any atom is 0.267 e. The number of rotatable bonds is 3. The molecule has 2 N–H and O–H groups in total. The fraction of sp³-hybridized carbons (Fsp3) is 0.143. The van der Waals surface area contributed by atoms with E-state index in [1.807, 2.05) is 0 Å². The first-order valence-corrected chi connectivity index (χ1v) is 2.99. The molecular formula is C7H10N2O2. The first-order valence-electron chi connectivity index (χ1n) is 2.99. The molecule has 0 unspecified atom stereocenters. The summed E-state index contributed by atoms with van der Waals surface area (Å²) in [6.45, 7) is 5.04. The highest BCUT2D eigenvalue weighted by Gasteiger charge is 1.89. The molecule has 0 aromatic rings. The Morgan fingerprint density at radius 1 is 1.64 bits per heavy atom. The van der Waals surface area contributed by atoms with Crippen molar-refractivity contribution in [2.24, 2.45) is 4.99 Å². The van der Waals surface area contributed by atoms with Gasteiger partial charge in [0.2, 0.25) is 0 Å². The summed E-state index contributed by atoms with van der Waals surface area (Å²) in [6.07, 6.45) is 4.29. The van der Waals surface area contributed by atoms with E-state index in [0.29, 0.717) is 5.70 Å². The van der Waals surface area contributed by atoms with Crippen LogP contribution >= 0.6 is 0 Å². The van der Waals surface area contributed by atoms with Crippen LogP contribution in [0.2, 0.25) is 0 Å². The molecule has 0 spiro atoms. The second-order valence-corrected chi connectivity index (χ2v) is 1.68. The highest BCUT2D eigenvalue weighted by molar-refractivity contribution is 5.86. The van der Waals surface area contributed by atoms with E-state index in [9.17, 15) is 4.79 Å².